The van der Waals surface area contributed by atoms with Crippen LogP contribution >= 0.6 is 0 Å². The molecule has 0 saturated heterocycles. The highest BCUT2D eigenvalue weighted by Crippen LogP contribution is 2.26. The number of fused-ring (bicyclic) bond motifs is 1. The van der Waals surface area contributed by atoms with E-state index in [0.717, 1.165) is 18.1 Å². The van der Waals surface area contributed by atoms with Crippen molar-refractivity contribution in [1.82, 2.24) is 15.3 Å². The van der Waals surface area contributed by atoms with Gasteiger partial charge in [0.15, 0.2) is 0 Å². The number of aromatic amines is 1. The van der Waals surface area contributed by atoms with E-state index in [1.165, 1.54) is 49.5 Å². The Kier molecular flexibility index (Phi) is 4.36. The van der Waals surface area contributed by atoms with Crippen LogP contribution in [0.1, 0.15) is 51.0 Å². The van der Waals surface area contributed by atoms with E-state index < -0.39 is 0 Å². The molecule has 0 aromatic carbocycles. The Balaban J connectivity index is 1.60. The minimum absolute atomic E-state index is 0.606. The number of nitrogens with zero attached hydrogens (tertiary/aromatic N) is 1. The number of hydrogen-bond donors (Lipinski definition) is 2. The molecule has 1 saturated carbocycles. The summed E-state index contributed by atoms with van der Waals surface area (Å²) in [5, 5.41) is 4.97. The zero-order chi connectivity index (χ0) is 13.8. The second-order valence-corrected chi connectivity index (χ2v) is 6.13. The fraction of sp³-hybridized carbons (Fsp3) is 0.588. The van der Waals surface area contributed by atoms with E-state index in [1.807, 2.05) is 12.3 Å². The Morgan fingerprint density at radius 1 is 1.30 bits per heavy atom. The second-order valence-electron chi connectivity index (χ2n) is 6.13. The summed E-state index contributed by atoms with van der Waals surface area (Å²) in [5.74, 6) is 0.848. The van der Waals surface area contributed by atoms with Crippen LogP contribution in [0.2, 0.25) is 0 Å². The van der Waals surface area contributed by atoms with E-state index in [-0.39, 0.29) is 0 Å². The SMILES string of the molecule is C[C@H](NCc1c[nH]c2ncccc12)C1CCCCCC1. The van der Waals surface area contributed by atoms with Gasteiger partial charge >= 0.3 is 0 Å². The van der Waals surface area contributed by atoms with E-state index >= 15 is 0 Å². The number of nitrogens with one attached hydrogen (secondary N) is 2. The molecule has 20 heavy (non-hydrogen) atoms. The van der Waals surface area contributed by atoms with Gasteiger partial charge in [0.2, 0.25) is 0 Å². The molecule has 2 aromatic heterocycles. The molecular formula is C17H25N3. The predicted molar refractivity (Wildman–Crippen MR) is 83.6 cm³/mol. The third kappa shape index (κ3) is 3.04. The van der Waals surface area contributed by atoms with Crippen molar-refractivity contribution in [3.63, 3.8) is 0 Å². The van der Waals surface area contributed by atoms with Gasteiger partial charge in [0, 0.05) is 30.4 Å². The highest BCUT2D eigenvalue weighted by Gasteiger charge is 2.18. The van der Waals surface area contributed by atoms with Crippen LogP contribution in [0.15, 0.2) is 24.5 Å². The summed E-state index contributed by atoms with van der Waals surface area (Å²) < 4.78 is 0. The smallest absolute Gasteiger partial charge is 0.137 e. The molecule has 2 heterocycles. The molecule has 3 heteroatoms. The molecule has 108 valence electrons. The fourth-order valence-corrected chi connectivity index (χ4v) is 3.41. The summed E-state index contributed by atoms with van der Waals surface area (Å²) in [4.78, 5) is 7.60. The zero-order valence-corrected chi connectivity index (χ0v) is 12.4. The first-order chi connectivity index (χ1) is 9.84. The first kappa shape index (κ1) is 13.6. The summed E-state index contributed by atoms with van der Waals surface area (Å²) in [6.07, 6.45) is 12.4. The van der Waals surface area contributed by atoms with Gasteiger partial charge in [-0.2, -0.15) is 0 Å². The minimum atomic E-state index is 0.606. The van der Waals surface area contributed by atoms with Gasteiger partial charge in [0.1, 0.15) is 5.65 Å². The maximum Gasteiger partial charge on any atom is 0.137 e. The number of aromatic nitrogens is 2. The maximum absolute atomic E-state index is 4.35. The van der Waals surface area contributed by atoms with Gasteiger partial charge in [-0.1, -0.05) is 25.7 Å². The molecule has 0 unspecified atom stereocenters. The number of hydrogen-bond acceptors (Lipinski definition) is 2. The van der Waals surface area contributed by atoms with Gasteiger partial charge in [-0.25, -0.2) is 4.98 Å². The van der Waals surface area contributed by atoms with E-state index in [2.05, 4.69) is 34.5 Å². The largest absolute Gasteiger partial charge is 0.346 e. The molecule has 1 aliphatic carbocycles. The van der Waals surface area contributed by atoms with Crippen molar-refractivity contribution in [3.8, 4) is 0 Å². The molecule has 2 N–H and O–H groups in total. The van der Waals surface area contributed by atoms with Crippen molar-refractivity contribution in [2.45, 2.75) is 58.0 Å². The quantitative estimate of drug-likeness (QED) is 0.825. The van der Waals surface area contributed by atoms with Crippen LogP contribution < -0.4 is 5.32 Å². The number of rotatable bonds is 4. The fourth-order valence-electron chi connectivity index (χ4n) is 3.41. The van der Waals surface area contributed by atoms with Crippen LogP contribution in [0.25, 0.3) is 11.0 Å². The lowest BCUT2D eigenvalue weighted by Crippen LogP contribution is -2.32. The molecule has 0 radical (unpaired) electrons. The average molecular weight is 271 g/mol. The topological polar surface area (TPSA) is 40.7 Å². The van der Waals surface area contributed by atoms with Crippen molar-refractivity contribution in [1.29, 1.82) is 0 Å². The van der Waals surface area contributed by atoms with Crippen LogP contribution in [-0.2, 0) is 6.54 Å². The number of pyridine rings is 1. The van der Waals surface area contributed by atoms with Crippen LogP contribution in [0, 0.1) is 5.92 Å². The molecule has 1 atom stereocenters. The highest BCUT2D eigenvalue weighted by molar-refractivity contribution is 5.79. The average Bonchev–Trinajstić information content (AvgIpc) is 2.70. The van der Waals surface area contributed by atoms with Gasteiger partial charge in [-0.05, 0) is 43.4 Å². The predicted octanol–water partition coefficient (Wildman–Crippen LogP) is 4.01. The maximum atomic E-state index is 4.35. The van der Waals surface area contributed by atoms with E-state index in [4.69, 9.17) is 0 Å². The Labute approximate surface area is 121 Å². The van der Waals surface area contributed by atoms with Gasteiger partial charge in [-0.15, -0.1) is 0 Å². The molecule has 2 aromatic rings. The number of H-pyrrole nitrogens is 1. The Hall–Kier alpha value is -1.35. The van der Waals surface area contributed by atoms with E-state index in [0.29, 0.717) is 6.04 Å². The first-order valence-corrected chi connectivity index (χ1v) is 7.99. The molecule has 0 aliphatic heterocycles. The standard InChI is InChI=1S/C17H25N3/c1-13(14-7-4-2-3-5-8-14)19-11-15-12-20-17-16(15)9-6-10-18-17/h6,9-10,12-14,19H,2-5,7-8,11H2,1H3,(H,18,20)/t13-/m0/s1. The summed E-state index contributed by atoms with van der Waals surface area (Å²) in [6, 6.07) is 4.76. The minimum Gasteiger partial charge on any atom is -0.346 e. The lowest BCUT2D eigenvalue weighted by atomic mass is 9.93. The van der Waals surface area contributed by atoms with Gasteiger partial charge in [0.05, 0.1) is 0 Å². The van der Waals surface area contributed by atoms with Crippen molar-refractivity contribution in [2.24, 2.45) is 5.92 Å². The highest BCUT2D eigenvalue weighted by atomic mass is 14.9. The van der Waals surface area contributed by atoms with Crippen LogP contribution in [0.3, 0.4) is 0 Å². The first-order valence-electron chi connectivity index (χ1n) is 7.99. The van der Waals surface area contributed by atoms with Crippen molar-refractivity contribution in [2.75, 3.05) is 0 Å². The van der Waals surface area contributed by atoms with Gasteiger partial charge in [0.25, 0.3) is 0 Å². The Bertz CT molecular complexity index is 538. The normalized spacial score (nSPS) is 19.1. The molecule has 1 aliphatic rings. The summed E-state index contributed by atoms with van der Waals surface area (Å²) in [6.45, 7) is 3.28. The van der Waals surface area contributed by atoms with Crippen molar-refractivity contribution < 1.29 is 0 Å². The molecule has 3 rings (SSSR count). The third-order valence-electron chi connectivity index (χ3n) is 4.76. The monoisotopic (exact) mass is 271 g/mol. The Morgan fingerprint density at radius 3 is 2.90 bits per heavy atom. The third-order valence-corrected chi connectivity index (χ3v) is 4.76. The van der Waals surface area contributed by atoms with Crippen LogP contribution in [-0.4, -0.2) is 16.0 Å². The molecule has 0 amide bonds. The van der Waals surface area contributed by atoms with E-state index in [1.54, 1.807) is 0 Å². The zero-order valence-electron chi connectivity index (χ0n) is 12.4. The molecule has 3 nitrogen and oxygen atoms in total. The van der Waals surface area contributed by atoms with E-state index in [9.17, 15) is 0 Å². The summed E-state index contributed by atoms with van der Waals surface area (Å²) >= 11 is 0. The Morgan fingerprint density at radius 2 is 2.10 bits per heavy atom. The molecule has 0 spiro atoms. The van der Waals surface area contributed by atoms with Crippen molar-refractivity contribution in [3.05, 3.63) is 30.1 Å². The molecular weight excluding hydrogens is 246 g/mol. The lowest BCUT2D eigenvalue weighted by Gasteiger charge is -2.23. The van der Waals surface area contributed by atoms with Crippen LogP contribution in [0.5, 0.6) is 0 Å². The summed E-state index contributed by atoms with van der Waals surface area (Å²) in [5.41, 5.74) is 2.32. The van der Waals surface area contributed by atoms with Crippen molar-refractivity contribution >= 4 is 11.0 Å². The molecule has 1 fully saturated rings. The lowest BCUT2D eigenvalue weighted by molar-refractivity contribution is 0.337. The van der Waals surface area contributed by atoms with Gasteiger partial charge < -0.3 is 10.3 Å². The summed E-state index contributed by atoms with van der Waals surface area (Å²) in [7, 11) is 0. The van der Waals surface area contributed by atoms with Gasteiger partial charge in [-0.3, -0.25) is 0 Å². The molecule has 0 bridgehead atoms. The van der Waals surface area contributed by atoms with Crippen LogP contribution in [0.4, 0.5) is 0 Å². The second kappa shape index (κ2) is 6.40.